The van der Waals surface area contributed by atoms with E-state index in [0.717, 1.165) is 0 Å². The van der Waals surface area contributed by atoms with Gasteiger partial charge in [-0.2, -0.15) is 35.1 Å². The molecule has 0 saturated heterocycles. The van der Waals surface area contributed by atoms with Crippen molar-refractivity contribution >= 4 is 37.1 Å². The van der Waals surface area contributed by atoms with Gasteiger partial charge in [0.25, 0.3) is 0 Å². The molecule has 0 aliphatic heterocycles. The number of ether oxygens (including phenoxy) is 2. The molecule has 0 spiro atoms. The Kier molecular flexibility index (Phi) is 9.96. The van der Waals surface area contributed by atoms with E-state index >= 15 is 0 Å². The Labute approximate surface area is 195 Å². The van der Waals surface area contributed by atoms with Gasteiger partial charge in [-0.15, -0.1) is 0 Å². The first kappa shape index (κ1) is 32.7. The lowest BCUT2D eigenvalue weighted by Crippen LogP contribution is -2.62. The second kappa shape index (κ2) is 10.4. The molecule has 200 valence electrons. The maximum absolute atomic E-state index is 13.4. The Morgan fingerprint density at radius 3 is 1.44 bits per heavy atom. The molecule has 0 rings (SSSR count). The second-order valence-corrected chi connectivity index (χ2v) is 22.1. The maximum Gasteiger partial charge on any atom is 0.473 e. The highest BCUT2D eigenvalue weighted by Gasteiger charge is 2.81. The lowest BCUT2D eigenvalue weighted by molar-refractivity contribution is -0.413. The molecule has 0 fully saturated rings. The Hall–Kier alpha value is -1.31. The predicted octanol–water partition coefficient (Wildman–Crippen LogP) is 5.46. The summed E-state index contributed by atoms with van der Waals surface area (Å²) in [4.78, 5) is 23.2. The molecule has 0 saturated carbocycles. The first-order chi connectivity index (χ1) is 14.7. The van der Waals surface area contributed by atoms with Gasteiger partial charge in [-0.3, -0.25) is 0 Å². The number of rotatable bonds is 12. The van der Waals surface area contributed by atoms with Crippen molar-refractivity contribution in [2.45, 2.75) is 76.6 Å². The summed E-state index contributed by atoms with van der Waals surface area (Å²) in [5.74, 6) is -22.6. The van der Waals surface area contributed by atoms with Crippen LogP contribution in [0.4, 0.5) is 35.1 Å². The van der Waals surface area contributed by atoms with Crippen LogP contribution in [-0.4, -0.2) is 67.2 Å². The molecule has 0 aliphatic carbocycles. The molecular formula is C17H28F8O6Si3. The minimum Gasteiger partial charge on any atom is -0.461 e. The Balaban J connectivity index is 5.33. The zero-order valence-electron chi connectivity index (χ0n) is 19.8. The van der Waals surface area contributed by atoms with E-state index in [9.17, 15) is 44.7 Å². The third-order valence-electron chi connectivity index (χ3n) is 3.42. The lowest BCUT2D eigenvalue weighted by atomic mass is 10.1. The normalized spacial score (nSPS) is 14.9. The quantitative estimate of drug-likeness (QED) is 0.136. The molecule has 0 heterocycles. The van der Waals surface area contributed by atoms with Crippen LogP contribution in [0.2, 0.25) is 45.8 Å². The molecule has 0 unspecified atom stereocenters. The molecule has 0 aromatic rings. The van der Waals surface area contributed by atoms with Crippen LogP contribution >= 0.6 is 0 Å². The minimum absolute atomic E-state index is 0.105. The predicted molar refractivity (Wildman–Crippen MR) is 112 cm³/mol. The summed E-state index contributed by atoms with van der Waals surface area (Å²) in [5, 5.41) is 0. The van der Waals surface area contributed by atoms with E-state index in [1.54, 1.807) is 6.55 Å². The highest BCUT2D eigenvalue weighted by atomic mass is 28.5. The van der Waals surface area contributed by atoms with Crippen LogP contribution in [0.1, 0.15) is 6.92 Å². The van der Waals surface area contributed by atoms with Crippen LogP contribution in [-0.2, 0) is 27.3 Å². The summed E-state index contributed by atoms with van der Waals surface area (Å²) >= 11 is 0. The average Bonchev–Trinajstić information content (AvgIpc) is 2.53. The molecule has 0 N–H and O–H groups in total. The van der Waals surface area contributed by atoms with E-state index in [2.05, 4.69) is 4.74 Å². The number of carbonyl (C=O) groups excluding carboxylic acids is 2. The maximum atomic E-state index is 13.4. The van der Waals surface area contributed by atoms with Crippen LogP contribution in [0.15, 0.2) is 12.2 Å². The highest BCUT2D eigenvalue weighted by Crippen LogP contribution is 2.52. The van der Waals surface area contributed by atoms with Gasteiger partial charge in [0.15, 0.2) is 16.6 Å². The van der Waals surface area contributed by atoms with E-state index in [0.29, 0.717) is 0 Å². The molecule has 6 nitrogen and oxygen atoms in total. The van der Waals surface area contributed by atoms with Gasteiger partial charge in [0.2, 0.25) is 0 Å². The van der Waals surface area contributed by atoms with Gasteiger partial charge >= 0.3 is 44.4 Å². The van der Waals surface area contributed by atoms with Gasteiger partial charge in [0.05, 0.1) is 0 Å². The number of carbonyl (C=O) groups is 2. The van der Waals surface area contributed by atoms with E-state index < -0.39 is 67.9 Å². The monoisotopic (exact) mass is 564 g/mol. The van der Waals surface area contributed by atoms with Crippen molar-refractivity contribution < 1.29 is 62.4 Å². The molecule has 0 aromatic carbocycles. The fraction of sp³-hybridized carbons (Fsp3) is 0.765. The summed E-state index contributed by atoms with van der Waals surface area (Å²) in [5.41, 5.74) is 0. The third kappa shape index (κ3) is 9.39. The number of halogens is 8. The lowest BCUT2D eigenvalue weighted by Gasteiger charge is -2.37. The van der Waals surface area contributed by atoms with Crippen molar-refractivity contribution in [3.63, 3.8) is 0 Å². The first-order valence-corrected chi connectivity index (χ1v) is 19.0. The molecule has 0 radical (unpaired) electrons. The van der Waals surface area contributed by atoms with Gasteiger partial charge in [0, 0.05) is 19.1 Å². The molecular weight excluding hydrogens is 536 g/mol. The second-order valence-electron chi connectivity index (χ2n) is 9.48. The Morgan fingerprint density at radius 2 is 1.09 bits per heavy atom. The van der Waals surface area contributed by atoms with E-state index in [1.807, 2.05) is 39.3 Å². The third-order valence-corrected chi connectivity index (χ3v) is 12.4. The van der Waals surface area contributed by atoms with Crippen LogP contribution in [0, 0.1) is 0 Å². The average molecular weight is 565 g/mol. The standard InChI is InChI=1S/C17H28F8O6Si3/c1-14(18,19)15(20,21)16(22,23)17(24,25)29-13(27)10-9-12(26)28-11-34(8,30-32(2,3)4)31-33(5,6)7/h9-10H,11H2,1-8H3. The topological polar surface area (TPSA) is 71.1 Å². The minimum atomic E-state index is -6.77. The summed E-state index contributed by atoms with van der Waals surface area (Å²) in [6.07, 6.45) is -6.60. The van der Waals surface area contributed by atoms with Gasteiger partial charge in [-0.1, -0.05) is 0 Å². The molecule has 0 aliphatic rings. The van der Waals surface area contributed by atoms with Gasteiger partial charge in [0.1, 0.15) is 6.23 Å². The van der Waals surface area contributed by atoms with Gasteiger partial charge in [-0.25, -0.2) is 9.59 Å². The smallest absolute Gasteiger partial charge is 0.461 e. The molecule has 0 amide bonds. The molecule has 0 bridgehead atoms. The summed E-state index contributed by atoms with van der Waals surface area (Å²) in [6.45, 7) is 12.1. The highest BCUT2D eigenvalue weighted by molar-refractivity contribution is 6.87. The first-order valence-electron chi connectivity index (χ1n) is 9.65. The van der Waals surface area contributed by atoms with Crippen molar-refractivity contribution in [3.8, 4) is 0 Å². The van der Waals surface area contributed by atoms with E-state index in [4.69, 9.17) is 13.0 Å². The van der Waals surface area contributed by atoms with Crippen molar-refractivity contribution in [1.29, 1.82) is 0 Å². The van der Waals surface area contributed by atoms with Crippen molar-refractivity contribution in [2.75, 3.05) is 6.23 Å². The van der Waals surface area contributed by atoms with Crippen molar-refractivity contribution in [1.82, 2.24) is 0 Å². The summed E-state index contributed by atoms with van der Waals surface area (Å²) in [6, 6.07) is 0. The van der Waals surface area contributed by atoms with Gasteiger partial charge in [-0.05, 0) is 45.8 Å². The van der Waals surface area contributed by atoms with Gasteiger partial charge < -0.3 is 17.7 Å². The van der Waals surface area contributed by atoms with E-state index in [1.165, 1.54) is 0 Å². The largest absolute Gasteiger partial charge is 0.473 e. The van der Waals surface area contributed by atoms with Crippen LogP contribution < -0.4 is 0 Å². The number of hydrogen-bond donors (Lipinski definition) is 0. The summed E-state index contributed by atoms with van der Waals surface area (Å²) < 4.78 is 125. The van der Waals surface area contributed by atoms with Crippen LogP contribution in [0.25, 0.3) is 0 Å². The SMILES string of the molecule is CC(F)(F)C(F)(F)C(F)(F)C(F)(F)OC(=O)C=CC(=O)OC[Si](C)(O[Si](C)(C)C)O[Si](C)(C)C. The molecule has 17 heteroatoms. The molecule has 0 atom stereocenters. The fourth-order valence-corrected chi connectivity index (χ4v) is 14.2. The van der Waals surface area contributed by atoms with Crippen LogP contribution in [0.3, 0.4) is 0 Å². The molecule has 34 heavy (non-hydrogen) atoms. The Morgan fingerprint density at radius 1 is 0.706 bits per heavy atom. The number of alkyl halides is 8. The zero-order chi connectivity index (χ0) is 27.6. The van der Waals surface area contributed by atoms with E-state index in [-0.39, 0.29) is 18.4 Å². The fourth-order valence-electron chi connectivity index (χ4n) is 2.44. The molecule has 0 aromatic heterocycles. The van der Waals surface area contributed by atoms with Crippen molar-refractivity contribution in [2.24, 2.45) is 0 Å². The van der Waals surface area contributed by atoms with Crippen LogP contribution in [0.5, 0.6) is 0 Å². The number of hydrogen-bond acceptors (Lipinski definition) is 6. The number of esters is 2. The zero-order valence-corrected chi connectivity index (χ0v) is 22.8. The Bertz CT molecular complexity index is 757. The van der Waals surface area contributed by atoms with Crippen molar-refractivity contribution in [3.05, 3.63) is 12.2 Å². The summed E-state index contributed by atoms with van der Waals surface area (Å²) in [7, 11) is -7.42.